The van der Waals surface area contributed by atoms with Gasteiger partial charge in [-0.3, -0.25) is 0 Å². The quantitative estimate of drug-likeness (QED) is 0.184. The maximum absolute atomic E-state index is 9.98. The van der Waals surface area contributed by atoms with Gasteiger partial charge in [0.15, 0.2) is 0 Å². The van der Waals surface area contributed by atoms with Crippen molar-refractivity contribution in [2.24, 2.45) is 0 Å². The molecule has 0 N–H and O–H groups in total. The standard InChI is InChI=1S/C42H27N3S/c1-42(2)35-11-5-3-9-29(35)31-21-34-33-20-27(15-17-40(33)46-41(34)22-36(31)42)28-16-14-26(24-44)19-39(28)45-37-12-6-4-10-30(37)32-18-25(23-43)8-7-13-38(32)45/h3-6,9-12,14,16,18-22H,8,15,17H2,1-2H3. The van der Waals surface area contributed by atoms with Crippen molar-refractivity contribution in [1.29, 1.82) is 10.5 Å². The molecular weight excluding hydrogens is 579 g/mol. The fourth-order valence-electron chi connectivity index (χ4n) is 7.77. The highest BCUT2D eigenvalue weighted by atomic mass is 32.1. The first-order chi connectivity index (χ1) is 22.5. The minimum Gasteiger partial charge on any atom is -0.301 e. The van der Waals surface area contributed by atoms with Crippen molar-refractivity contribution in [3.63, 3.8) is 0 Å². The maximum atomic E-state index is 9.98. The number of aryl methyl sites for hydroxylation is 1. The van der Waals surface area contributed by atoms with E-state index in [1.807, 2.05) is 41.7 Å². The zero-order valence-electron chi connectivity index (χ0n) is 25.5. The van der Waals surface area contributed by atoms with E-state index in [0.29, 0.717) is 17.6 Å². The number of allylic oxidation sites excluding steroid dienone is 2. The van der Waals surface area contributed by atoms with Gasteiger partial charge in [0.25, 0.3) is 0 Å². The number of fused-ring (bicyclic) bond motifs is 9. The number of nitriles is 2. The Morgan fingerprint density at radius 1 is 0.783 bits per heavy atom. The second-order valence-electron chi connectivity index (χ2n) is 12.9. The summed E-state index contributed by atoms with van der Waals surface area (Å²) < 4.78 is 3.55. The third kappa shape index (κ3) is 3.71. The molecule has 4 heteroatoms. The molecule has 0 radical (unpaired) electrons. The van der Waals surface area contributed by atoms with Crippen molar-refractivity contribution in [3.05, 3.63) is 128 Å². The molecule has 2 heterocycles. The van der Waals surface area contributed by atoms with E-state index in [-0.39, 0.29) is 5.41 Å². The maximum Gasteiger partial charge on any atom is 0.105 e. The van der Waals surface area contributed by atoms with E-state index in [1.165, 1.54) is 48.4 Å². The van der Waals surface area contributed by atoms with Crippen molar-refractivity contribution in [3.8, 4) is 40.8 Å². The molecule has 0 aliphatic heterocycles. The van der Waals surface area contributed by atoms with Crippen LogP contribution in [0.3, 0.4) is 0 Å². The number of para-hydroxylation sites is 1. The van der Waals surface area contributed by atoms with Crippen molar-refractivity contribution < 1.29 is 0 Å². The van der Waals surface area contributed by atoms with Gasteiger partial charge in [0.05, 0.1) is 28.9 Å². The summed E-state index contributed by atoms with van der Waals surface area (Å²) in [5, 5.41) is 22.1. The average Bonchev–Trinajstić information content (AvgIpc) is 3.60. The number of aromatic nitrogens is 1. The number of benzene rings is 4. The lowest BCUT2D eigenvalue weighted by atomic mass is 9.82. The third-order valence-electron chi connectivity index (χ3n) is 10.0. The Bertz CT molecular complexity index is 2560. The van der Waals surface area contributed by atoms with E-state index in [2.05, 4.69) is 103 Å². The summed E-state index contributed by atoms with van der Waals surface area (Å²) in [4.78, 5) is 1.43. The van der Waals surface area contributed by atoms with E-state index in [9.17, 15) is 10.5 Å². The Morgan fingerprint density at radius 2 is 1.63 bits per heavy atom. The fraction of sp³-hybridized carbons (Fsp3) is 0.143. The van der Waals surface area contributed by atoms with Crippen LogP contribution < -0.4 is 0 Å². The predicted molar refractivity (Wildman–Crippen MR) is 189 cm³/mol. The molecule has 0 atom stereocenters. The largest absolute Gasteiger partial charge is 0.301 e. The van der Waals surface area contributed by atoms with Crippen molar-refractivity contribution >= 4 is 50.1 Å². The van der Waals surface area contributed by atoms with E-state index >= 15 is 0 Å². The van der Waals surface area contributed by atoms with Crippen LogP contribution in [-0.4, -0.2) is 4.57 Å². The fourth-order valence-corrected chi connectivity index (χ4v) is 8.98. The van der Waals surface area contributed by atoms with Crippen molar-refractivity contribution in [2.75, 3.05) is 0 Å². The Labute approximate surface area is 272 Å². The van der Waals surface area contributed by atoms with E-state index in [1.54, 1.807) is 0 Å². The van der Waals surface area contributed by atoms with E-state index in [4.69, 9.17) is 0 Å². The molecule has 0 bridgehead atoms. The Morgan fingerprint density at radius 3 is 2.50 bits per heavy atom. The zero-order chi connectivity index (χ0) is 31.2. The van der Waals surface area contributed by atoms with Gasteiger partial charge in [-0.15, -0.1) is 11.3 Å². The summed E-state index contributed by atoms with van der Waals surface area (Å²) >= 11 is 1.93. The van der Waals surface area contributed by atoms with E-state index < -0.39 is 0 Å². The molecule has 0 saturated carbocycles. The third-order valence-corrected chi connectivity index (χ3v) is 11.3. The van der Waals surface area contributed by atoms with Gasteiger partial charge in [0.2, 0.25) is 0 Å². The first kappa shape index (κ1) is 26.8. The van der Waals surface area contributed by atoms with Crippen LogP contribution in [0.5, 0.6) is 0 Å². The second kappa shape index (κ2) is 9.70. The molecule has 46 heavy (non-hydrogen) atoms. The van der Waals surface area contributed by atoms with Gasteiger partial charge in [-0.05, 0) is 94.6 Å². The normalized spacial score (nSPS) is 15.3. The summed E-state index contributed by atoms with van der Waals surface area (Å²) in [6.45, 7) is 4.68. The molecule has 2 aromatic heterocycles. The van der Waals surface area contributed by atoms with Gasteiger partial charge in [0, 0.05) is 48.9 Å². The van der Waals surface area contributed by atoms with Crippen LogP contribution >= 0.6 is 11.3 Å². The molecule has 3 aliphatic rings. The molecule has 4 aromatic carbocycles. The molecule has 216 valence electrons. The summed E-state index contributed by atoms with van der Waals surface area (Å²) in [5.74, 6) is 6.62. The van der Waals surface area contributed by atoms with Gasteiger partial charge >= 0.3 is 0 Å². The molecule has 6 aromatic rings. The van der Waals surface area contributed by atoms with Crippen LogP contribution in [-0.2, 0) is 11.8 Å². The van der Waals surface area contributed by atoms with Crippen LogP contribution in [0.4, 0.5) is 0 Å². The molecule has 9 rings (SSSR count). The summed E-state index contributed by atoms with van der Waals surface area (Å²) in [7, 11) is 0. The zero-order valence-corrected chi connectivity index (χ0v) is 26.3. The molecule has 0 unspecified atom stereocenters. The highest BCUT2D eigenvalue weighted by Crippen LogP contribution is 2.52. The number of nitrogens with zero attached hydrogens (tertiary/aromatic N) is 3. The van der Waals surface area contributed by atoms with Crippen molar-refractivity contribution in [1.82, 2.24) is 4.57 Å². The highest BCUT2D eigenvalue weighted by Gasteiger charge is 2.36. The molecule has 3 nitrogen and oxygen atoms in total. The Kier molecular flexibility index (Phi) is 5.64. The smallest absolute Gasteiger partial charge is 0.105 e. The molecule has 0 amide bonds. The van der Waals surface area contributed by atoms with Crippen LogP contribution in [0, 0.1) is 34.5 Å². The molecule has 0 fully saturated rings. The van der Waals surface area contributed by atoms with Gasteiger partial charge in [-0.25, -0.2) is 0 Å². The first-order valence-electron chi connectivity index (χ1n) is 15.6. The van der Waals surface area contributed by atoms with Crippen LogP contribution in [0.1, 0.15) is 70.6 Å². The monoisotopic (exact) mass is 605 g/mol. The first-order valence-corrected chi connectivity index (χ1v) is 16.5. The topological polar surface area (TPSA) is 52.5 Å². The van der Waals surface area contributed by atoms with Crippen molar-refractivity contribution in [2.45, 2.75) is 38.5 Å². The molecule has 3 aliphatic carbocycles. The van der Waals surface area contributed by atoms with Gasteiger partial charge in [-0.1, -0.05) is 68.3 Å². The SMILES string of the molecule is CC1(C)c2ccccc2-c2cc3c4c(sc3cc21)CCC(c1ccc(C#N)cc1-n1c2c(c3ccccc31)C=C(C#N)CC#C2)=C4. The summed E-state index contributed by atoms with van der Waals surface area (Å²) in [5.41, 5.74) is 14.2. The van der Waals surface area contributed by atoms with Gasteiger partial charge in [-0.2, -0.15) is 10.5 Å². The summed E-state index contributed by atoms with van der Waals surface area (Å²) in [6.07, 6.45) is 6.68. The molecule has 0 saturated heterocycles. The lowest BCUT2D eigenvalue weighted by Crippen LogP contribution is -2.14. The lowest BCUT2D eigenvalue weighted by Gasteiger charge is -2.21. The molecule has 0 spiro atoms. The van der Waals surface area contributed by atoms with Gasteiger partial charge in [0.1, 0.15) is 5.69 Å². The van der Waals surface area contributed by atoms with Gasteiger partial charge < -0.3 is 4.57 Å². The highest BCUT2D eigenvalue weighted by molar-refractivity contribution is 7.19. The average molecular weight is 606 g/mol. The Balaban J connectivity index is 1.27. The Hall–Kier alpha value is -5.60. The van der Waals surface area contributed by atoms with Crippen LogP contribution in [0.25, 0.3) is 55.5 Å². The number of rotatable bonds is 2. The number of thiophene rings is 1. The van der Waals surface area contributed by atoms with Crippen LogP contribution in [0.15, 0.2) is 84.4 Å². The second-order valence-corrected chi connectivity index (χ2v) is 14.0. The minimum absolute atomic E-state index is 0.0212. The number of hydrogen-bond acceptors (Lipinski definition) is 3. The molecular formula is C42H27N3S. The predicted octanol–water partition coefficient (Wildman–Crippen LogP) is 10.2. The number of hydrogen-bond donors (Lipinski definition) is 0. The lowest BCUT2D eigenvalue weighted by molar-refractivity contribution is 0.661. The summed E-state index contributed by atoms with van der Waals surface area (Å²) in [6, 6.07) is 32.7. The van der Waals surface area contributed by atoms with Crippen LogP contribution in [0.2, 0.25) is 0 Å². The van der Waals surface area contributed by atoms with E-state index in [0.717, 1.165) is 46.3 Å². The minimum atomic E-state index is -0.0212.